The molecule has 1 aliphatic heterocycles. The molecule has 1 aliphatic rings. The zero-order chi connectivity index (χ0) is 21.0. The van der Waals surface area contributed by atoms with Crippen LogP contribution in [0.2, 0.25) is 0 Å². The zero-order valence-electron chi connectivity index (χ0n) is 16.0. The molecule has 156 valence electrons. The average Bonchev–Trinajstić information content (AvgIpc) is 3.24. The van der Waals surface area contributed by atoms with Gasteiger partial charge in [-0.15, -0.1) is 11.3 Å². The largest absolute Gasteiger partial charge is 0.352 e. The third-order valence-electron chi connectivity index (χ3n) is 5.14. The summed E-state index contributed by atoms with van der Waals surface area (Å²) in [6.07, 6.45) is 3.00. The topological polar surface area (TPSA) is 110 Å². The van der Waals surface area contributed by atoms with Gasteiger partial charge in [-0.05, 0) is 43.7 Å². The van der Waals surface area contributed by atoms with Crippen LogP contribution < -0.4 is 5.32 Å². The number of benzene rings is 1. The lowest BCUT2D eigenvalue weighted by Gasteiger charge is -2.34. The van der Waals surface area contributed by atoms with Gasteiger partial charge < -0.3 is 5.32 Å². The number of carbonyl (C=O) groups is 1. The molecule has 1 unspecified atom stereocenters. The first-order chi connectivity index (χ1) is 13.8. The Morgan fingerprint density at radius 2 is 2.10 bits per heavy atom. The SMILES string of the molecule is Cc1c(C(=O)NCCC2CCCCN2S(=O)(=O)c2cccs2)cccc1[N+](=O)[O-]. The number of nitrogens with zero attached hydrogens (tertiary/aromatic N) is 2. The number of hydrogen-bond donors (Lipinski definition) is 1. The predicted molar refractivity (Wildman–Crippen MR) is 111 cm³/mol. The van der Waals surface area contributed by atoms with Gasteiger partial charge in [0.25, 0.3) is 21.6 Å². The molecular formula is C19H23N3O5S2. The van der Waals surface area contributed by atoms with Crippen molar-refractivity contribution in [2.75, 3.05) is 13.1 Å². The van der Waals surface area contributed by atoms with E-state index in [1.165, 1.54) is 23.5 Å². The molecule has 1 amide bonds. The summed E-state index contributed by atoms with van der Waals surface area (Å²) in [6, 6.07) is 7.54. The number of nitro benzene ring substituents is 1. The van der Waals surface area contributed by atoms with Crippen LogP contribution in [0.4, 0.5) is 5.69 Å². The highest BCUT2D eigenvalue weighted by molar-refractivity contribution is 7.91. The van der Waals surface area contributed by atoms with E-state index < -0.39 is 20.9 Å². The van der Waals surface area contributed by atoms with Gasteiger partial charge in [-0.1, -0.05) is 18.6 Å². The van der Waals surface area contributed by atoms with Crippen molar-refractivity contribution >= 4 is 33.0 Å². The molecule has 2 aromatic rings. The van der Waals surface area contributed by atoms with E-state index in [1.807, 2.05) is 0 Å². The third kappa shape index (κ3) is 4.65. The highest BCUT2D eigenvalue weighted by atomic mass is 32.2. The van der Waals surface area contributed by atoms with Crippen LogP contribution in [0, 0.1) is 17.0 Å². The first kappa shape index (κ1) is 21.4. The summed E-state index contributed by atoms with van der Waals surface area (Å²) in [5.74, 6) is -0.394. The Morgan fingerprint density at radius 1 is 1.31 bits per heavy atom. The standard InChI is InChI=1S/C19H23N3O5S2/c1-14-16(7-4-8-17(14)22(24)25)19(23)20-11-10-15-6-2-3-12-21(15)29(26,27)18-9-5-13-28-18/h4-5,7-9,13,15H,2-3,6,10-12H2,1H3,(H,20,23). The number of thiophene rings is 1. The Bertz CT molecular complexity index is 989. The van der Waals surface area contributed by atoms with E-state index in [9.17, 15) is 23.3 Å². The Morgan fingerprint density at radius 3 is 2.79 bits per heavy atom. The van der Waals surface area contributed by atoms with E-state index in [4.69, 9.17) is 0 Å². The fraction of sp³-hybridized carbons (Fsp3) is 0.421. The van der Waals surface area contributed by atoms with Gasteiger partial charge in [-0.3, -0.25) is 14.9 Å². The van der Waals surface area contributed by atoms with Crippen molar-refractivity contribution in [1.82, 2.24) is 9.62 Å². The summed E-state index contributed by atoms with van der Waals surface area (Å²) in [4.78, 5) is 23.0. The summed E-state index contributed by atoms with van der Waals surface area (Å²) >= 11 is 1.20. The summed E-state index contributed by atoms with van der Waals surface area (Å²) in [5, 5.41) is 15.6. The molecule has 1 N–H and O–H groups in total. The second kappa shape index (κ2) is 9.02. The number of sulfonamides is 1. The van der Waals surface area contributed by atoms with Gasteiger partial charge in [0.1, 0.15) is 4.21 Å². The Hall–Kier alpha value is -2.30. The van der Waals surface area contributed by atoms with Crippen LogP contribution in [-0.4, -0.2) is 42.7 Å². The van der Waals surface area contributed by atoms with Crippen LogP contribution in [0.5, 0.6) is 0 Å². The van der Waals surface area contributed by atoms with Gasteiger partial charge in [-0.25, -0.2) is 8.42 Å². The van der Waals surface area contributed by atoms with Gasteiger partial charge >= 0.3 is 0 Å². The quantitative estimate of drug-likeness (QED) is 0.528. The van der Waals surface area contributed by atoms with Crippen molar-refractivity contribution in [2.24, 2.45) is 0 Å². The molecule has 3 rings (SSSR count). The number of rotatable bonds is 7. The first-order valence-corrected chi connectivity index (χ1v) is 11.7. The van der Waals surface area contributed by atoms with Gasteiger partial charge in [0, 0.05) is 36.3 Å². The molecule has 1 fully saturated rings. The minimum absolute atomic E-state index is 0.0989. The van der Waals surface area contributed by atoms with Crippen molar-refractivity contribution in [3.8, 4) is 0 Å². The van der Waals surface area contributed by atoms with Gasteiger partial charge in [-0.2, -0.15) is 4.31 Å². The fourth-order valence-electron chi connectivity index (χ4n) is 3.62. The molecule has 1 aromatic carbocycles. The first-order valence-electron chi connectivity index (χ1n) is 9.40. The Labute approximate surface area is 173 Å². The van der Waals surface area contributed by atoms with E-state index in [-0.39, 0.29) is 17.3 Å². The van der Waals surface area contributed by atoms with Crippen molar-refractivity contribution in [3.63, 3.8) is 0 Å². The zero-order valence-corrected chi connectivity index (χ0v) is 17.7. The van der Waals surface area contributed by atoms with Crippen LogP contribution in [0.25, 0.3) is 0 Å². The predicted octanol–water partition coefficient (Wildman–Crippen LogP) is 3.33. The molecule has 29 heavy (non-hydrogen) atoms. The Balaban J connectivity index is 1.65. The van der Waals surface area contributed by atoms with Crippen molar-refractivity contribution < 1.29 is 18.1 Å². The lowest BCUT2D eigenvalue weighted by molar-refractivity contribution is -0.385. The van der Waals surface area contributed by atoms with Crippen LogP contribution in [0.15, 0.2) is 39.9 Å². The van der Waals surface area contributed by atoms with Crippen molar-refractivity contribution in [3.05, 3.63) is 57.0 Å². The van der Waals surface area contributed by atoms with E-state index >= 15 is 0 Å². The molecule has 10 heteroatoms. The smallest absolute Gasteiger partial charge is 0.273 e. The highest BCUT2D eigenvalue weighted by Crippen LogP contribution is 2.29. The Kier molecular flexibility index (Phi) is 6.66. The summed E-state index contributed by atoms with van der Waals surface area (Å²) < 4.78 is 27.7. The summed E-state index contributed by atoms with van der Waals surface area (Å²) in [7, 11) is -3.53. The molecule has 0 saturated carbocycles. The molecule has 0 radical (unpaired) electrons. The molecule has 1 aromatic heterocycles. The average molecular weight is 438 g/mol. The van der Waals surface area contributed by atoms with Gasteiger partial charge in [0.15, 0.2) is 0 Å². The molecular weight excluding hydrogens is 414 g/mol. The molecule has 1 saturated heterocycles. The molecule has 2 heterocycles. The minimum Gasteiger partial charge on any atom is -0.352 e. The van der Waals surface area contributed by atoms with Crippen molar-refractivity contribution in [1.29, 1.82) is 0 Å². The molecule has 8 nitrogen and oxygen atoms in total. The number of hydrogen-bond acceptors (Lipinski definition) is 6. The highest BCUT2D eigenvalue weighted by Gasteiger charge is 2.33. The summed E-state index contributed by atoms with van der Waals surface area (Å²) in [6.45, 7) is 2.31. The number of carbonyl (C=O) groups excluding carboxylic acids is 1. The summed E-state index contributed by atoms with van der Waals surface area (Å²) in [5.41, 5.74) is 0.471. The molecule has 1 atom stereocenters. The van der Waals surface area contributed by atoms with E-state index in [1.54, 1.807) is 34.8 Å². The normalized spacial score (nSPS) is 17.8. The number of nitro groups is 1. The van der Waals surface area contributed by atoms with Crippen LogP contribution in [-0.2, 0) is 10.0 Å². The van der Waals surface area contributed by atoms with Crippen LogP contribution in [0.1, 0.15) is 41.6 Å². The monoisotopic (exact) mass is 437 g/mol. The maximum atomic E-state index is 12.9. The maximum absolute atomic E-state index is 12.9. The molecule has 0 bridgehead atoms. The number of amides is 1. The molecule has 0 aliphatic carbocycles. The maximum Gasteiger partial charge on any atom is 0.273 e. The minimum atomic E-state index is -3.53. The van der Waals surface area contributed by atoms with Crippen LogP contribution >= 0.6 is 11.3 Å². The van der Waals surface area contributed by atoms with Gasteiger partial charge in [0.05, 0.1) is 4.92 Å². The third-order valence-corrected chi connectivity index (χ3v) is 8.47. The second-order valence-electron chi connectivity index (χ2n) is 6.95. The lowest BCUT2D eigenvalue weighted by atomic mass is 10.0. The van der Waals surface area contributed by atoms with Crippen LogP contribution in [0.3, 0.4) is 0 Å². The molecule has 0 spiro atoms. The lowest BCUT2D eigenvalue weighted by Crippen LogP contribution is -2.45. The van der Waals surface area contributed by atoms with Crippen molar-refractivity contribution in [2.45, 2.75) is 42.9 Å². The number of piperidine rings is 1. The number of nitrogens with one attached hydrogen (secondary N) is 1. The van der Waals surface area contributed by atoms with E-state index in [0.717, 1.165) is 19.3 Å². The van der Waals surface area contributed by atoms with Gasteiger partial charge in [0.2, 0.25) is 0 Å². The second-order valence-corrected chi connectivity index (χ2v) is 10.0. The van der Waals surface area contributed by atoms with E-state index in [2.05, 4.69) is 5.32 Å². The fourth-order valence-corrected chi connectivity index (χ4v) is 6.46. The van der Waals surface area contributed by atoms with E-state index in [0.29, 0.717) is 29.3 Å².